The number of ether oxygens (including phenoxy) is 1. The fourth-order valence-corrected chi connectivity index (χ4v) is 3.59. The highest BCUT2D eigenvalue weighted by Crippen LogP contribution is 2.27. The van der Waals surface area contributed by atoms with Crippen molar-refractivity contribution >= 4 is 36.1 Å². The predicted molar refractivity (Wildman–Crippen MR) is 134 cm³/mol. The zero-order valence-corrected chi connectivity index (χ0v) is 19.7. The molecule has 1 amide bonds. The van der Waals surface area contributed by atoms with Crippen LogP contribution in [0.25, 0.3) is 22.2 Å². The average molecular weight is 463 g/mol. The molecule has 8 nitrogen and oxygen atoms in total. The van der Waals surface area contributed by atoms with Gasteiger partial charge in [-0.1, -0.05) is 25.1 Å². The molecule has 0 aliphatic carbocycles. The third kappa shape index (κ3) is 5.20. The first-order valence-electron chi connectivity index (χ1n) is 10.3. The standard InChI is InChI=1S/C24H24N6O2.H2S/c1-15(17-5-4-6-18-19(24(31)25-2)8-10-27-23(17)18)13-28-21-12-20(29-14-30-21)16-7-9-26-22(11-16)32-3;/h4-12,14-15H,13H2,1-3H3,(H,25,31)(H,28,29,30);1H2/t15-;/m1./s1. The van der Waals surface area contributed by atoms with Gasteiger partial charge in [0.2, 0.25) is 5.88 Å². The van der Waals surface area contributed by atoms with Crippen LogP contribution in [0.5, 0.6) is 5.88 Å². The van der Waals surface area contributed by atoms with Gasteiger partial charge in [-0.3, -0.25) is 9.78 Å². The quantitative estimate of drug-likeness (QED) is 0.431. The molecule has 0 fully saturated rings. The number of amides is 1. The minimum atomic E-state index is -0.124. The van der Waals surface area contributed by atoms with Crippen molar-refractivity contribution in [3.8, 4) is 17.1 Å². The van der Waals surface area contributed by atoms with Crippen molar-refractivity contribution < 1.29 is 9.53 Å². The number of benzene rings is 1. The van der Waals surface area contributed by atoms with Crippen LogP contribution in [0.15, 0.2) is 61.2 Å². The molecule has 33 heavy (non-hydrogen) atoms. The number of para-hydroxylation sites is 1. The lowest BCUT2D eigenvalue weighted by Gasteiger charge is -2.16. The summed E-state index contributed by atoms with van der Waals surface area (Å²) >= 11 is 0. The zero-order chi connectivity index (χ0) is 22.5. The first-order chi connectivity index (χ1) is 15.6. The Labute approximate surface area is 199 Å². The number of methoxy groups -OCH3 is 1. The van der Waals surface area contributed by atoms with E-state index < -0.39 is 0 Å². The summed E-state index contributed by atoms with van der Waals surface area (Å²) in [6, 6.07) is 13.3. The van der Waals surface area contributed by atoms with E-state index in [1.54, 1.807) is 32.6 Å². The van der Waals surface area contributed by atoms with E-state index in [2.05, 4.69) is 37.5 Å². The highest BCUT2D eigenvalue weighted by atomic mass is 32.1. The molecule has 2 N–H and O–H groups in total. The van der Waals surface area contributed by atoms with Gasteiger partial charge >= 0.3 is 0 Å². The molecule has 3 aromatic heterocycles. The van der Waals surface area contributed by atoms with Crippen molar-refractivity contribution in [2.75, 3.05) is 26.0 Å². The number of rotatable bonds is 7. The molecule has 1 atom stereocenters. The average Bonchev–Trinajstić information content (AvgIpc) is 2.86. The van der Waals surface area contributed by atoms with Crippen molar-refractivity contribution in [3.05, 3.63) is 72.3 Å². The molecule has 4 aromatic rings. The molecule has 0 aliphatic heterocycles. The fraction of sp³-hybridized carbons (Fsp3) is 0.208. The second-order valence-electron chi connectivity index (χ2n) is 7.34. The lowest BCUT2D eigenvalue weighted by molar-refractivity contribution is 0.0964. The summed E-state index contributed by atoms with van der Waals surface area (Å²) in [5.74, 6) is 1.26. The molecule has 0 bridgehead atoms. The highest BCUT2D eigenvalue weighted by molar-refractivity contribution is 7.59. The van der Waals surface area contributed by atoms with E-state index >= 15 is 0 Å². The number of hydrogen-bond donors (Lipinski definition) is 2. The monoisotopic (exact) mass is 462 g/mol. The van der Waals surface area contributed by atoms with Crippen molar-refractivity contribution in [1.82, 2.24) is 25.3 Å². The van der Waals surface area contributed by atoms with Crippen LogP contribution in [-0.2, 0) is 0 Å². The summed E-state index contributed by atoms with van der Waals surface area (Å²) in [6.45, 7) is 2.76. The maximum Gasteiger partial charge on any atom is 0.251 e. The Hall–Kier alpha value is -3.72. The van der Waals surface area contributed by atoms with E-state index in [1.165, 1.54) is 6.33 Å². The second-order valence-corrected chi connectivity index (χ2v) is 7.34. The molecule has 4 rings (SSSR count). The third-order valence-electron chi connectivity index (χ3n) is 5.30. The van der Waals surface area contributed by atoms with Gasteiger partial charge in [-0.05, 0) is 17.7 Å². The topological polar surface area (TPSA) is 102 Å². The van der Waals surface area contributed by atoms with E-state index in [9.17, 15) is 4.79 Å². The Kier molecular flexibility index (Phi) is 7.78. The number of nitrogens with zero attached hydrogens (tertiary/aromatic N) is 4. The fourth-order valence-electron chi connectivity index (χ4n) is 3.59. The maximum atomic E-state index is 12.2. The molecule has 0 saturated carbocycles. The third-order valence-corrected chi connectivity index (χ3v) is 5.30. The first kappa shape index (κ1) is 23.9. The molecule has 9 heteroatoms. The van der Waals surface area contributed by atoms with Gasteiger partial charge in [-0.15, -0.1) is 0 Å². The van der Waals surface area contributed by atoms with Crippen LogP contribution in [0, 0.1) is 0 Å². The van der Waals surface area contributed by atoms with E-state index in [4.69, 9.17) is 4.74 Å². The van der Waals surface area contributed by atoms with Gasteiger partial charge in [0.1, 0.15) is 12.1 Å². The summed E-state index contributed by atoms with van der Waals surface area (Å²) in [5, 5.41) is 6.92. The lowest BCUT2D eigenvalue weighted by atomic mass is 9.96. The van der Waals surface area contributed by atoms with Gasteiger partial charge in [0.15, 0.2) is 0 Å². The van der Waals surface area contributed by atoms with E-state index in [-0.39, 0.29) is 25.3 Å². The smallest absolute Gasteiger partial charge is 0.251 e. The number of aromatic nitrogens is 4. The number of hydrogen-bond acceptors (Lipinski definition) is 7. The zero-order valence-electron chi connectivity index (χ0n) is 18.7. The number of carbonyl (C=O) groups is 1. The Morgan fingerprint density at radius 2 is 1.88 bits per heavy atom. The molecular formula is C24H26N6O2S. The van der Waals surface area contributed by atoms with E-state index in [1.807, 2.05) is 36.4 Å². The van der Waals surface area contributed by atoms with Crippen LogP contribution in [0.2, 0.25) is 0 Å². The largest absolute Gasteiger partial charge is 0.481 e. The van der Waals surface area contributed by atoms with Crippen molar-refractivity contribution in [3.63, 3.8) is 0 Å². The number of anilines is 1. The molecule has 0 spiro atoms. The van der Waals surface area contributed by atoms with Crippen molar-refractivity contribution in [2.24, 2.45) is 0 Å². The first-order valence-corrected chi connectivity index (χ1v) is 10.3. The SMILES string of the molecule is CNC(=O)c1ccnc2c([C@H](C)CNc3cc(-c4ccnc(OC)c4)ncn3)cccc12.S. The van der Waals surface area contributed by atoms with Gasteiger partial charge in [0.05, 0.1) is 23.9 Å². The Morgan fingerprint density at radius 1 is 1.06 bits per heavy atom. The van der Waals surface area contributed by atoms with Crippen LogP contribution < -0.4 is 15.4 Å². The molecule has 1 aromatic carbocycles. The minimum absolute atomic E-state index is 0. The predicted octanol–water partition coefficient (Wildman–Crippen LogP) is 3.78. The van der Waals surface area contributed by atoms with E-state index in [0.29, 0.717) is 18.0 Å². The molecular weight excluding hydrogens is 436 g/mol. The number of fused-ring (bicyclic) bond motifs is 1. The molecule has 0 saturated heterocycles. The Balaban J connectivity index is 0.00000306. The summed E-state index contributed by atoms with van der Waals surface area (Å²) in [4.78, 5) is 29.6. The summed E-state index contributed by atoms with van der Waals surface area (Å²) in [7, 11) is 3.21. The second kappa shape index (κ2) is 10.7. The van der Waals surface area contributed by atoms with Gasteiger partial charge in [0.25, 0.3) is 5.91 Å². The highest BCUT2D eigenvalue weighted by Gasteiger charge is 2.15. The Morgan fingerprint density at radius 3 is 2.67 bits per heavy atom. The van der Waals surface area contributed by atoms with Crippen LogP contribution in [-0.4, -0.2) is 46.5 Å². The molecule has 0 aliphatic rings. The van der Waals surface area contributed by atoms with Crippen LogP contribution in [0.1, 0.15) is 28.8 Å². The number of carbonyl (C=O) groups excluding carboxylic acids is 1. The number of pyridine rings is 2. The summed E-state index contributed by atoms with van der Waals surface area (Å²) in [5.41, 5.74) is 4.19. The van der Waals surface area contributed by atoms with Crippen molar-refractivity contribution in [2.45, 2.75) is 12.8 Å². The van der Waals surface area contributed by atoms with Crippen LogP contribution >= 0.6 is 13.5 Å². The molecule has 3 heterocycles. The van der Waals surface area contributed by atoms with Crippen LogP contribution in [0.4, 0.5) is 5.82 Å². The normalized spacial score (nSPS) is 11.4. The lowest BCUT2D eigenvalue weighted by Crippen LogP contribution is -2.18. The van der Waals surface area contributed by atoms with Gasteiger partial charge in [-0.2, -0.15) is 13.5 Å². The summed E-state index contributed by atoms with van der Waals surface area (Å²) < 4.78 is 5.20. The van der Waals surface area contributed by atoms with E-state index in [0.717, 1.165) is 33.5 Å². The Bertz CT molecular complexity index is 1270. The van der Waals surface area contributed by atoms with Gasteiger partial charge in [-0.25, -0.2) is 15.0 Å². The number of nitrogens with one attached hydrogen (secondary N) is 2. The minimum Gasteiger partial charge on any atom is -0.481 e. The van der Waals surface area contributed by atoms with Gasteiger partial charge < -0.3 is 15.4 Å². The van der Waals surface area contributed by atoms with Crippen molar-refractivity contribution in [1.29, 1.82) is 0 Å². The maximum absolute atomic E-state index is 12.2. The van der Waals surface area contributed by atoms with Gasteiger partial charge in [0, 0.05) is 55.0 Å². The molecule has 0 unspecified atom stereocenters. The molecule has 170 valence electrons. The molecule has 0 radical (unpaired) electrons. The summed E-state index contributed by atoms with van der Waals surface area (Å²) in [6.07, 6.45) is 4.90. The van der Waals surface area contributed by atoms with Crippen LogP contribution in [0.3, 0.4) is 0 Å².